The molecule has 6 aromatic rings. The molecule has 6 N–H and O–H groups in total. The van der Waals surface area contributed by atoms with E-state index in [0.29, 0.717) is 49.4 Å². The maximum atomic E-state index is 14.0. The quantitative estimate of drug-likeness (QED) is 0.0896. The molecule has 0 atom stereocenters. The molecular weight excluding hydrogens is 708 g/mol. The van der Waals surface area contributed by atoms with Crippen molar-refractivity contribution in [2.45, 2.75) is 7.43 Å². The Balaban J connectivity index is 0.000000224. The minimum Gasteiger partial charge on any atom is -0.508 e. The molecule has 6 rings (SSSR count). The summed E-state index contributed by atoms with van der Waals surface area (Å²) in [5.41, 5.74) is 2.52. The van der Waals surface area contributed by atoms with Crippen LogP contribution in [0.5, 0.6) is 23.0 Å². The molecule has 0 fully saturated rings. The summed E-state index contributed by atoms with van der Waals surface area (Å²) in [6.45, 7) is 0. The van der Waals surface area contributed by atoms with Gasteiger partial charge in [0.25, 0.3) is 0 Å². The van der Waals surface area contributed by atoms with Gasteiger partial charge in [-0.1, -0.05) is 31.7 Å². The topological polar surface area (TPSA) is 222 Å². The number of phenolic OH excluding ortho intramolecular Hbond substituents is 2. The van der Waals surface area contributed by atoms with Crippen LogP contribution in [0, 0.1) is 34.3 Å². The van der Waals surface area contributed by atoms with Gasteiger partial charge in [0.15, 0.2) is 23.1 Å². The van der Waals surface area contributed by atoms with E-state index in [1.54, 1.807) is 30.3 Å². The van der Waals surface area contributed by atoms with Gasteiger partial charge >= 0.3 is 15.6 Å². The van der Waals surface area contributed by atoms with Gasteiger partial charge in [0.05, 0.1) is 23.3 Å². The van der Waals surface area contributed by atoms with Crippen molar-refractivity contribution in [3.8, 4) is 57.4 Å². The highest BCUT2D eigenvalue weighted by atomic mass is 31.2. The number of nitrogens with zero attached hydrogens (tertiary/aromatic N) is 2. The van der Waals surface area contributed by atoms with Crippen molar-refractivity contribution in [1.29, 1.82) is 10.5 Å². The van der Waals surface area contributed by atoms with Crippen LogP contribution in [0.25, 0.3) is 43.8 Å². The first-order valence-electron chi connectivity index (χ1n) is 14.0. The fourth-order valence-corrected chi connectivity index (χ4v) is 5.76. The molecule has 0 aromatic heterocycles. The van der Waals surface area contributed by atoms with Gasteiger partial charge in [0, 0.05) is 10.8 Å². The Kier molecular flexibility index (Phi) is 11.2. The first-order valence-corrected chi connectivity index (χ1v) is 17.0. The van der Waals surface area contributed by atoms with E-state index >= 15 is 0 Å². The van der Waals surface area contributed by atoms with Gasteiger partial charge in [-0.25, -0.2) is 17.9 Å². The smallest absolute Gasteiger partial charge is 0.508 e. The largest absolute Gasteiger partial charge is 0.524 e. The third kappa shape index (κ3) is 9.25. The molecule has 0 aliphatic rings. The zero-order valence-corrected chi connectivity index (χ0v) is 26.9. The molecule has 260 valence electrons. The third-order valence-electron chi connectivity index (χ3n) is 7.09. The molecule has 0 spiro atoms. The highest BCUT2D eigenvalue weighted by Crippen LogP contribution is 2.41. The number of aromatic hydroxyl groups is 2. The molecule has 0 saturated heterocycles. The molecule has 6 aromatic carbocycles. The monoisotopic (exact) mass is 734 g/mol. The van der Waals surface area contributed by atoms with Crippen LogP contribution in [0.2, 0.25) is 0 Å². The number of rotatable bonds is 6. The zero-order valence-electron chi connectivity index (χ0n) is 25.1. The lowest BCUT2D eigenvalue weighted by atomic mass is 9.97. The second-order valence-electron chi connectivity index (χ2n) is 10.5. The second-order valence-corrected chi connectivity index (χ2v) is 12.9. The van der Waals surface area contributed by atoms with Gasteiger partial charge in [-0.3, -0.25) is 19.6 Å². The number of hydrogen-bond donors (Lipinski definition) is 6. The molecule has 0 saturated carbocycles. The highest BCUT2D eigenvalue weighted by molar-refractivity contribution is 7.47. The van der Waals surface area contributed by atoms with Crippen LogP contribution < -0.4 is 9.05 Å². The fourth-order valence-electron chi connectivity index (χ4n) is 4.96. The number of hydrogen-bond acceptors (Lipinski definition) is 8. The Morgan fingerprint density at radius 3 is 1.59 bits per heavy atom. The van der Waals surface area contributed by atoms with Crippen molar-refractivity contribution in [1.82, 2.24) is 0 Å². The fraction of sp³-hybridized carbons (Fsp3) is 0.0286. The van der Waals surface area contributed by atoms with E-state index in [1.165, 1.54) is 48.5 Å². The second kappa shape index (κ2) is 15.0. The maximum absolute atomic E-state index is 14.0. The Morgan fingerprint density at radius 2 is 1.08 bits per heavy atom. The van der Waals surface area contributed by atoms with E-state index in [-0.39, 0.29) is 24.5 Å². The van der Waals surface area contributed by atoms with Gasteiger partial charge < -0.3 is 19.3 Å². The van der Waals surface area contributed by atoms with E-state index in [4.69, 9.17) is 19.6 Å². The number of halogens is 2. The summed E-state index contributed by atoms with van der Waals surface area (Å²) in [4.78, 5) is 35.3. The van der Waals surface area contributed by atoms with Crippen molar-refractivity contribution in [3.63, 3.8) is 0 Å². The number of benzene rings is 6. The molecule has 0 unspecified atom stereocenters. The van der Waals surface area contributed by atoms with E-state index in [0.717, 1.165) is 18.2 Å². The SMILES string of the molecule is C.N#Cc1cc(-c2ccc(O)c(F)c2)cc2ccc(OP(=O)(O)O)cc12.N#Cc1cc(-c2ccc(OP(=O)(O)O)c(F)c2)cc2ccc(O)cc12. The number of phenols is 2. The molecule has 0 amide bonds. The van der Waals surface area contributed by atoms with Crippen LogP contribution in [0.3, 0.4) is 0 Å². The van der Waals surface area contributed by atoms with Crippen molar-refractivity contribution in [2.75, 3.05) is 0 Å². The number of phosphoric acid groups is 2. The number of phosphoric ester groups is 2. The Bertz CT molecular complexity index is 2490. The summed E-state index contributed by atoms with van der Waals surface area (Å²) >= 11 is 0. The lowest BCUT2D eigenvalue weighted by Gasteiger charge is -2.10. The van der Waals surface area contributed by atoms with Crippen LogP contribution in [0.1, 0.15) is 18.6 Å². The average molecular weight is 735 g/mol. The normalized spacial score (nSPS) is 11.1. The van der Waals surface area contributed by atoms with Crippen LogP contribution in [0.15, 0.2) is 97.1 Å². The highest BCUT2D eigenvalue weighted by Gasteiger charge is 2.20. The Hall–Kier alpha value is -5.82. The number of nitriles is 2. The molecule has 0 radical (unpaired) electrons. The third-order valence-corrected chi connectivity index (χ3v) is 7.98. The predicted molar refractivity (Wildman–Crippen MR) is 184 cm³/mol. The summed E-state index contributed by atoms with van der Waals surface area (Å²) in [5, 5.41) is 39.8. The van der Waals surface area contributed by atoms with Gasteiger partial charge in [-0.15, -0.1) is 0 Å². The van der Waals surface area contributed by atoms with E-state index in [2.05, 4.69) is 9.05 Å². The van der Waals surface area contributed by atoms with Crippen LogP contribution in [-0.2, 0) is 9.13 Å². The van der Waals surface area contributed by atoms with Gasteiger partial charge in [-0.2, -0.15) is 10.5 Å². The summed E-state index contributed by atoms with van der Waals surface area (Å²) in [6.07, 6.45) is 0. The maximum Gasteiger partial charge on any atom is 0.524 e. The van der Waals surface area contributed by atoms with Crippen molar-refractivity contribution >= 4 is 37.2 Å². The van der Waals surface area contributed by atoms with Crippen LogP contribution in [0.4, 0.5) is 8.78 Å². The molecule has 16 heteroatoms. The minimum absolute atomic E-state index is 0. The van der Waals surface area contributed by atoms with Gasteiger partial charge in [-0.05, 0) is 106 Å². The summed E-state index contributed by atoms with van der Waals surface area (Å²) in [6, 6.07) is 26.9. The Labute approximate surface area is 288 Å². The predicted octanol–water partition coefficient (Wildman–Crippen LogP) is 8.03. The zero-order chi connectivity index (χ0) is 36.4. The molecule has 51 heavy (non-hydrogen) atoms. The molecule has 0 heterocycles. The van der Waals surface area contributed by atoms with Crippen LogP contribution >= 0.6 is 15.6 Å². The first kappa shape index (κ1) is 38.0. The van der Waals surface area contributed by atoms with E-state index in [1.807, 2.05) is 12.1 Å². The molecule has 12 nitrogen and oxygen atoms in total. The minimum atomic E-state index is -4.86. The molecular formula is C35H26F2N2O10P2. The summed E-state index contributed by atoms with van der Waals surface area (Å²) < 4.78 is 58.2. The summed E-state index contributed by atoms with van der Waals surface area (Å²) in [5.74, 6) is -2.79. The van der Waals surface area contributed by atoms with Crippen molar-refractivity contribution in [3.05, 3.63) is 120 Å². The van der Waals surface area contributed by atoms with Crippen molar-refractivity contribution < 1.29 is 56.7 Å². The summed E-state index contributed by atoms with van der Waals surface area (Å²) in [7, 11) is -9.56. The van der Waals surface area contributed by atoms with E-state index < -0.39 is 38.8 Å². The van der Waals surface area contributed by atoms with Crippen LogP contribution in [-0.4, -0.2) is 29.8 Å². The van der Waals surface area contributed by atoms with Gasteiger partial charge in [0.2, 0.25) is 0 Å². The number of fused-ring (bicyclic) bond motifs is 2. The molecule has 0 aliphatic carbocycles. The standard InChI is InChI=1S/2C17H11FNO5P.CH4/c18-16-7-10(2-4-17(16)20)12-5-11-1-3-14(24-25(21,22)23)8-15(11)13(6-12)9-19;18-16-7-10(2-4-17(16)24-25(21,22)23)12-5-11-1-3-14(20)8-15(11)13(6-12)9-19;/h2*1-8,20H,(H2,21,22,23);1H4. The van der Waals surface area contributed by atoms with Gasteiger partial charge in [0.1, 0.15) is 11.5 Å². The lowest BCUT2D eigenvalue weighted by Crippen LogP contribution is -1.93. The Morgan fingerprint density at radius 1 is 0.569 bits per heavy atom. The lowest BCUT2D eigenvalue weighted by molar-refractivity contribution is 0.277. The van der Waals surface area contributed by atoms with Crippen molar-refractivity contribution in [2.24, 2.45) is 0 Å². The average Bonchev–Trinajstić information content (AvgIpc) is 3.05. The van der Waals surface area contributed by atoms with E-state index in [9.17, 15) is 38.6 Å². The molecule has 0 aliphatic heterocycles. The first-order chi connectivity index (χ1) is 23.5. The molecule has 0 bridgehead atoms.